The van der Waals surface area contributed by atoms with Crippen molar-refractivity contribution in [3.8, 4) is 0 Å². The van der Waals surface area contributed by atoms with Crippen LogP contribution in [0, 0.1) is 12.3 Å². The Bertz CT molecular complexity index is 556. The fourth-order valence-corrected chi connectivity index (χ4v) is 3.53. The van der Waals surface area contributed by atoms with Gasteiger partial charge in [0, 0.05) is 7.05 Å². The Morgan fingerprint density at radius 2 is 1.95 bits per heavy atom. The average molecular weight is 323 g/mol. The minimum Gasteiger partial charge on any atom is -0.354 e. The molecule has 6 heteroatoms. The van der Waals surface area contributed by atoms with Crippen LogP contribution in [0.4, 0.5) is 5.69 Å². The van der Waals surface area contributed by atoms with Crippen molar-refractivity contribution < 1.29 is 9.59 Å². The molecule has 0 atom stereocenters. The maximum atomic E-state index is 12.3. The maximum Gasteiger partial charge on any atom is 0.263 e. The van der Waals surface area contributed by atoms with Crippen LogP contribution in [0.15, 0.2) is 5.38 Å². The van der Waals surface area contributed by atoms with E-state index in [0.29, 0.717) is 22.5 Å². The maximum absolute atomic E-state index is 12.3. The number of hydrogen-bond acceptors (Lipinski definition) is 4. The van der Waals surface area contributed by atoms with Crippen molar-refractivity contribution in [3.63, 3.8) is 0 Å². The molecule has 5 nitrogen and oxygen atoms in total. The van der Waals surface area contributed by atoms with E-state index in [2.05, 4.69) is 29.4 Å². The third kappa shape index (κ3) is 4.08. The molecule has 122 valence electrons. The molecule has 0 bridgehead atoms. The van der Waals surface area contributed by atoms with Gasteiger partial charge in [-0.05, 0) is 49.2 Å². The molecule has 0 aliphatic carbocycles. The van der Waals surface area contributed by atoms with Crippen molar-refractivity contribution in [2.45, 2.75) is 33.6 Å². The van der Waals surface area contributed by atoms with Crippen LogP contribution in [0.3, 0.4) is 0 Å². The molecule has 22 heavy (non-hydrogen) atoms. The van der Waals surface area contributed by atoms with E-state index in [1.807, 2.05) is 12.3 Å². The highest BCUT2D eigenvalue weighted by Crippen LogP contribution is 2.30. The molecule has 1 aliphatic rings. The summed E-state index contributed by atoms with van der Waals surface area (Å²) in [5.41, 5.74) is 1.95. The SMILES string of the molecule is CNC(=O)c1scc(C)c1NC(=O)CN1CCC(C)(C)CC1. The lowest BCUT2D eigenvalue weighted by molar-refractivity contribution is -0.117. The van der Waals surface area contributed by atoms with Gasteiger partial charge in [-0.25, -0.2) is 0 Å². The second kappa shape index (κ2) is 6.79. The number of likely N-dealkylation sites (tertiary alicyclic amines) is 1. The van der Waals surface area contributed by atoms with Crippen LogP contribution in [0.5, 0.6) is 0 Å². The highest BCUT2D eigenvalue weighted by Gasteiger charge is 2.26. The minimum absolute atomic E-state index is 0.0497. The summed E-state index contributed by atoms with van der Waals surface area (Å²) in [4.78, 5) is 26.8. The first kappa shape index (κ1) is 17.0. The smallest absolute Gasteiger partial charge is 0.263 e. The molecule has 0 aromatic carbocycles. The summed E-state index contributed by atoms with van der Waals surface area (Å²) >= 11 is 1.36. The molecule has 0 saturated carbocycles. The third-order valence-electron chi connectivity index (χ3n) is 4.25. The number of amides is 2. The summed E-state index contributed by atoms with van der Waals surface area (Å²) in [5.74, 6) is -0.209. The number of rotatable bonds is 4. The first-order valence-corrected chi connectivity index (χ1v) is 8.53. The number of thiophene rings is 1. The number of piperidine rings is 1. The van der Waals surface area contributed by atoms with Crippen molar-refractivity contribution in [2.24, 2.45) is 5.41 Å². The van der Waals surface area contributed by atoms with E-state index < -0.39 is 0 Å². The molecular weight excluding hydrogens is 298 g/mol. The predicted molar refractivity (Wildman–Crippen MR) is 90.5 cm³/mol. The summed E-state index contributed by atoms with van der Waals surface area (Å²) < 4.78 is 0. The quantitative estimate of drug-likeness (QED) is 0.895. The van der Waals surface area contributed by atoms with Gasteiger partial charge in [-0.15, -0.1) is 11.3 Å². The normalized spacial score (nSPS) is 18.0. The number of nitrogens with one attached hydrogen (secondary N) is 2. The van der Waals surface area contributed by atoms with Crippen LogP contribution in [-0.4, -0.2) is 43.4 Å². The van der Waals surface area contributed by atoms with Gasteiger partial charge in [-0.1, -0.05) is 13.8 Å². The number of anilines is 1. The number of carbonyl (C=O) groups excluding carboxylic acids is 2. The van der Waals surface area contributed by atoms with Crippen molar-refractivity contribution in [1.82, 2.24) is 10.2 Å². The molecule has 1 saturated heterocycles. The van der Waals surface area contributed by atoms with Crippen molar-refractivity contribution in [2.75, 3.05) is 32.0 Å². The molecule has 2 heterocycles. The van der Waals surface area contributed by atoms with E-state index in [9.17, 15) is 9.59 Å². The van der Waals surface area contributed by atoms with Gasteiger partial charge >= 0.3 is 0 Å². The van der Waals surface area contributed by atoms with E-state index in [0.717, 1.165) is 31.5 Å². The number of nitrogens with zero attached hydrogens (tertiary/aromatic N) is 1. The van der Waals surface area contributed by atoms with E-state index in [-0.39, 0.29) is 11.8 Å². The van der Waals surface area contributed by atoms with Gasteiger partial charge in [0.2, 0.25) is 5.91 Å². The standard InChI is InChI=1S/C16H25N3O2S/c1-11-10-22-14(15(21)17-4)13(11)18-12(20)9-19-7-5-16(2,3)6-8-19/h10H,5-9H2,1-4H3,(H,17,21)(H,18,20). The van der Waals surface area contributed by atoms with Crippen molar-refractivity contribution >= 4 is 28.8 Å². The molecule has 0 spiro atoms. The summed E-state index contributed by atoms with van der Waals surface area (Å²) in [5, 5.41) is 7.41. The highest BCUT2D eigenvalue weighted by atomic mass is 32.1. The molecule has 0 unspecified atom stereocenters. The van der Waals surface area contributed by atoms with Crippen LogP contribution in [0.2, 0.25) is 0 Å². The molecule has 1 aromatic heterocycles. The Balaban J connectivity index is 1.96. The van der Waals surface area contributed by atoms with Gasteiger partial charge < -0.3 is 10.6 Å². The molecule has 0 radical (unpaired) electrons. The highest BCUT2D eigenvalue weighted by molar-refractivity contribution is 7.13. The van der Waals surface area contributed by atoms with Gasteiger partial charge in [0.25, 0.3) is 5.91 Å². The zero-order chi connectivity index (χ0) is 16.3. The van der Waals surface area contributed by atoms with Gasteiger partial charge in [0.15, 0.2) is 0 Å². The number of carbonyl (C=O) groups is 2. The lowest BCUT2D eigenvalue weighted by atomic mass is 9.83. The second-order valence-electron chi connectivity index (χ2n) is 6.69. The van der Waals surface area contributed by atoms with Gasteiger partial charge in [0.05, 0.1) is 12.2 Å². The first-order valence-electron chi connectivity index (χ1n) is 7.65. The van der Waals surface area contributed by atoms with E-state index in [4.69, 9.17) is 0 Å². The molecule has 2 amide bonds. The van der Waals surface area contributed by atoms with Crippen molar-refractivity contribution in [1.29, 1.82) is 0 Å². The lowest BCUT2D eigenvalue weighted by Gasteiger charge is -2.36. The largest absolute Gasteiger partial charge is 0.354 e. The summed E-state index contributed by atoms with van der Waals surface area (Å²) in [7, 11) is 1.60. The van der Waals surface area contributed by atoms with Crippen LogP contribution in [-0.2, 0) is 4.79 Å². The van der Waals surface area contributed by atoms with Crippen molar-refractivity contribution in [3.05, 3.63) is 15.8 Å². The predicted octanol–water partition coefficient (Wildman–Crippen LogP) is 2.48. The van der Waals surface area contributed by atoms with Gasteiger partial charge in [0.1, 0.15) is 4.88 Å². The van der Waals surface area contributed by atoms with Crippen LogP contribution in [0.1, 0.15) is 41.9 Å². The second-order valence-corrected chi connectivity index (χ2v) is 7.57. The molecule has 1 fully saturated rings. The van der Waals surface area contributed by atoms with Gasteiger partial charge in [-0.3, -0.25) is 14.5 Å². The van der Waals surface area contributed by atoms with Crippen LogP contribution in [0.25, 0.3) is 0 Å². The first-order chi connectivity index (χ1) is 10.3. The molecule has 2 rings (SSSR count). The Hall–Kier alpha value is -1.40. The van der Waals surface area contributed by atoms with E-state index in [1.54, 1.807) is 7.05 Å². The summed E-state index contributed by atoms with van der Waals surface area (Å²) in [6.07, 6.45) is 2.22. The summed E-state index contributed by atoms with van der Waals surface area (Å²) in [6, 6.07) is 0. The zero-order valence-corrected chi connectivity index (χ0v) is 14.6. The zero-order valence-electron chi connectivity index (χ0n) is 13.8. The Labute approximate surface area is 136 Å². The van der Waals surface area contributed by atoms with Crippen LogP contribution < -0.4 is 10.6 Å². The van der Waals surface area contributed by atoms with E-state index in [1.165, 1.54) is 11.3 Å². The molecule has 2 N–H and O–H groups in total. The monoisotopic (exact) mass is 323 g/mol. The Morgan fingerprint density at radius 1 is 1.32 bits per heavy atom. The molecule has 1 aliphatic heterocycles. The summed E-state index contributed by atoms with van der Waals surface area (Å²) in [6.45, 7) is 8.74. The average Bonchev–Trinajstić information content (AvgIpc) is 2.82. The van der Waals surface area contributed by atoms with Crippen LogP contribution >= 0.6 is 11.3 Å². The van der Waals surface area contributed by atoms with E-state index >= 15 is 0 Å². The molecule has 1 aromatic rings. The Kier molecular flexibility index (Phi) is 5.24. The fraction of sp³-hybridized carbons (Fsp3) is 0.625. The van der Waals surface area contributed by atoms with Gasteiger partial charge in [-0.2, -0.15) is 0 Å². The molecular formula is C16H25N3O2S. The lowest BCUT2D eigenvalue weighted by Crippen LogP contribution is -2.41. The number of hydrogen-bond donors (Lipinski definition) is 2. The third-order valence-corrected chi connectivity index (χ3v) is 5.35. The fourth-order valence-electron chi connectivity index (χ4n) is 2.58. The number of aryl methyl sites for hydroxylation is 1. The minimum atomic E-state index is -0.159. The topological polar surface area (TPSA) is 61.4 Å². The Morgan fingerprint density at radius 3 is 2.55 bits per heavy atom.